The molecule has 3 rings (SSSR count). The fourth-order valence-corrected chi connectivity index (χ4v) is 4.24. The van der Waals surface area contributed by atoms with E-state index < -0.39 is 27.8 Å². The maximum absolute atomic E-state index is 13.2. The normalized spacial score (nSPS) is 12.4. The van der Waals surface area contributed by atoms with E-state index in [1.54, 1.807) is 49.4 Å². The van der Waals surface area contributed by atoms with Crippen LogP contribution >= 0.6 is 11.6 Å². The third-order valence-corrected chi connectivity index (χ3v) is 6.44. The SMILES string of the molecule is Cc1c(Cl)cccc1NC(=O)[C@@H](Cc1ccccc1)NS(=O)(=O)c1ccc(F)cc1. The summed E-state index contributed by atoms with van der Waals surface area (Å²) in [5, 5.41) is 3.23. The van der Waals surface area contributed by atoms with Crippen LogP contribution in [0.2, 0.25) is 5.02 Å². The molecule has 156 valence electrons. The zero-order valence-corrected chi connectivity index (χ0v) is 17.7. The van der Waals surface area contributed by atoms with E-state index in [4.69, 9.17) is 11.6 Å². The summed E-state index contributed by atoms with van der Waals surface area (Å²) in [6.07, 6.45) is 0.132. The Bertz CT molecular complexity index is 1140. The second kappa shape index (κ2) is 9.38. The first kappa shape index (κ1) is 22.0. The molecule has 30 heavy (non-hydrogen) atoms. The topological polar surface area (TPSA) is 75.3 Å². The maximum atomic E-state index is 13.2. The van der Waals surface area contributed by atoms with E-state index in [0.29, 0.717) is 16.3 Å². The van der Waals surface area contributed by atoms with Gasteiger partial charge in [-0.2, -0.15) is 4.72 Å². The van der Waals surface area contributed by atoms with Crippen molar-refractivity contribution >= 4 is 33.2 Å². The van der Waals surface area contributed by atoms with Crippen molar-refractivity contribution in [3.05, 3.63) is 94.8 Å². The van der Waals surface area contributed by atoms with E-state index in [2.05, 4.69) is 10.0 Å². The van der Waals surface area contributed by atoms with Crippen LogP contribution in [0.1, 0.15) is 11.1 Å². The Morgan fingerprint density at radius 1 is 1.00 bits per heavy atom. The van der Waals surface area contributed by atoms with Gasteiger partial charge in [0.1, 0.15) is 11.9 Å². The molecule has 0 radical (unpaired) electrons. The molecular weight excluding hydrogens is 427 g/mol. The highest BCUT2D eigenvalue weighted by atomic mass is 35.5. The lowest BCUT2D eigenvalue weighted by Crippen LogP contribution is -2.45. The molecule has 5 nitrogen and oxygen atoms in total. The number of carbonyl (C=O) groups excluding carboxylic acids is 1. The lowest BCUT2D eigenvalue weighted by molar-refractivity contribution is -0.117. The molecule has 0 aliphatic carbocycles. The Morgan fingerprint density at radius 2 is 1.67 bits per heavy atom. The van der Waals surface area contributed by atoms with E-state index in [1.807, 2.05) is 6.07 Å². The van der Waals surface area contributed by atoms with Crippen molar-refractivity contribution in [3.63, 3.8) is 0 Å². The van der Waals surface area contributed by atoms with Crippen LogP contribution < -0.4 is 10.0 Å². The van der Waals surface area contributed by atoms with Crippen LogP contribution in [-0.4, -0.2) is 20.4 Å². The molecule has 1 amide bonds. The predicted octanol–water partition coefficient (Wildman–Crippen LogP) is 4.32. The van der Waals surface area contributed by atoms with Gasteiger partial charge in [-0.1, -0.05) is 48.0 Å². The molecule has 3 aromatic carbocycles. The molecule has 0 bridgehead atoms. The van der Waals surface area contributed by atoms with Crippen LogP contribution in [0.25, 0.3) is 0 Å². The highest BCUT2D eigenvalue weighted by Crippen LogP contribution is 2.23. The highest BCUT2D eigenvalue weighted by Gasteiger charge is 2.26. The van der Waals surface area contributed by atoms with Crippen molar-refractivity contribution in [2.75, 3.05) is 5.32 Å². The van der Waals surface area contributed by atoms with E-state index in [1.165, 1.54) is 0 Å². The van der Waals surface area contributed by atoms with Gasteiger partial charge in [0.05, 0.1) is 4.90 Å². The summed E-state index contributed by atoms with van der Waals surface area (Å²) in [7, 11) is -4.06. The third kappa shape index (κ3) is 5.44. The number of sulfonamides is 1. The fraction of sp³-hybridized carbons (Fsp3) is 0.136. The highest BCUT2D eigenvalue weighted by molar-refractivity contribution is 7.89. The molecule has 0 aromatic heterocycles. The number of carbonyl (C=O) groups is 1. The van der Waals surface area contributed by atoms with Crippen molar-refractivity contribution in [1.82, 2.24) is 4.72 Å². The van der Waals surface area contributed by atoms with Gasteiger partial charge in [-0.3, -0.25) is 4.79 Å². The molecule has 0 heterocycles. The van der Waals surface area contributed by atoms with Crippen LogP contribution in [-0.2, 0) is 21.2 Å². The van der Waals surface area contributed by atoms with E-state index in [9.17, 15) is 17.6 Å². The van der Waals surface area contributed by atoms with E-state index in [0.717, 1.165) is 29.8 Å². The van der Waals surface area contributed by atoms with Gasteiger partial charge in [-0.05, 0) is 60.9 Å². The summed E-state index contributed by atoms with van der Waals surface area (Å²) in [6, 6.07) is 17.4. The number of hydrogen-bond acceptors (Lipinski definition) is 3. The van der Waals surface area contributed by atoms with Gasteiger partial charge in [0.15, 0.2) is 0 Å². The van der Waals surface area contributed by atoms with Gasteiger partial charge >= 0.3 is 0 Å². The number of nitrogens with one attached hydrogen (secondary N) is 2. The van der Waals surface area contributed by atoms with Crippen molar-refractivity contribution in [1.29, 1.82) is 0 Å². The molecule has 8 heteroatoms. The molecule has 1 atom stereocenters. The largest absolute Gasteiger partial charge is 0.324 e. The first-order valence-corrected chi connectivity index (χ1v) is 11.0. The minimum absolute atomic E-state index is 0.131. The summed E-state index contributed by atoms with van der Waals surface area (Å²) in [5.74, 6) is -1.08. The second-order valence-corrected chi connectivity index (χ2v) is 8.84. The molecule has 0 spiro atoms. The Morgan fingerprint density at radius 3 is 2.33 bits per heavy atom. The van der Waals surface area contributed by atoms with E-state index >= 15 is 0 Å². The summed E-state index contributed by atoms with van der Waals surface area (Å²) in [6.45, 7) is 1.76. The average molecular weight is 447 g/mol. The fourth-order valence-electron chi connectivity index (χ4n) is 2.87. The number of anilines is 1. The van der Waals surface area contributed by atoms with Crippen molar-refractivity contribution in [3.8, 4) is 0 Å². The van der Waals surface area contributed by atoms with Crippen LogP contribution in [0.4, 0.5) is 10.1 Å². The minimum atomic E-state index is -4.06. The second-order valence-electron chi connectivity index (χ2n) is 6.72. The van der Waals surface area contributed by atoms with Gasteiger partial charge in [-0.15, -0.1) is 0 Å². The van der Waals surface area contributed by atoms with Gasteiger partial charge in [-0.25, -0.2) is 12.8 Å². The van der Waals surface area contributed by atoms with Crippen molar-refractivity contribution in [2.45, 2.75) is 24.3 Å². The number of benzene rings is 3. The van der Waals surface area contributed by atoms with Crippen LogP contribution in [0.15, 0.2) is 77.7 Å². The number of rotatable bonds is 7. The maximum Gasteiger partial charge on any atom is 0.242 e. The van der Waals surface area contributed by atoms with Gasteiger partial charge in [0.25, 0.3) is 0 Å². The lowest BCUT2D eigenvalue weighted by atomic mass is 10.1. The van der Waals surface area contributed by atoms with Gasteiger partial charge in [0, 0.05) is 10.7 Å². The standard InChI is InChI=1S/C22H20ClFN2O3S/c1-15-19(23)8-5-9-20(15)25-22(27)21(14-16-6-3-2-4-7-16)26-30(28,29)18-12-10-17(24)11-13-18/h2-13,21,26H,14H2,1H3,(H,25,27)/t21-/m1/s1. The lowest BCUT2D eigenvalue weighted by Gasteiger charge is -2.20. The average Bonchev–Trinajstić information content (AvgIpc) is 2.72. The molecular formula is C22H20ClFN2O3S. The monoisotopic (exact) mass is 446 g/mol. The Balaban J connectivity index is 1.88. The van der Waals surface area contributed by atoms with E-state index in [-0.39, 0.29) is 11.3 Å². The first-order chi connectivity index (χ1) is 14.3. The Kier molecular flexibility index (Phi) is 6.87. The molecule has 3 aromatic rings. The van der Waals surface area contributed by atoms with Gasteiger partial charge in [0.2, 0.25) is 15.9 Å². The summed E-state index contributed by atoms with van der Waals surface area (Å²) in [4.78, 5) is 12.9. The molecule has 0 aliphatic rings. The van der Waals surface area contributed by atoms with Crippen molar-refractivity contribution in [2.24, 2.45) is 0 Å². The summed E-state index contributed by atoms with van der Waals surface area (Å²) in [5.41, 5.74) is 1.95. The smallest absolute Gasteiger partial charge is 0.242 e. The first-order valence-electron chi connectivity index (χ1n) is 9.14. The Labute approximate surface area is 179 Å². The van der Waals surface area contributed by atoms with Gasteiger partial charge < -0.3 is 5.32 Å². The van der Waals surface area contributed by atoms with Crippen LogP contribution in [0.5, 0.6) is 0 Å². The zero-order chi connectivity index (χ0) is 21.7. The molecule has 0 saturated carbocycles. The number of hydrogen-bond donors (Lipinski definition) is 2. The predicted molar refractivity (Wildman–Crippen MR) is 115 cm³/mol. The quantitative estimate of drug-likeness (QED) is 0.567. The van der Waals surface area contributed by atoms with Crippen molar-refractivity contribution < 1.29 is 17.6 Å². The molecule has 0 unspecified atom stereocenters. The molecule has 0 fully saturated rings. The number of amides is 1. The zero-order valence-electron chi connectivity index (χ0n) is 16.1. The summed E-state index contributed by atoms with van der Waals surface area (Å²) >= 11 is 6.11. The minimum Gasteiger partial charge on any atom is -0.324 e. The molecule has 2 N–H and O–H groups in total. The third-order valence-electron chi connectivity index (χ3n) is 4.55. The van der Waals surface area contributed by atoms with Crippen LogP contribution in [0.3, 0.4) is 0 Å². The Hall–Kier alpha value is -2.74. The molecule has 0 aliphatic heterocycles. The van der Waals surface area contributed by atoms with Crippen LogP contribution in [0, 0.1) is 12.7 Å². The molecule has 0 saturated heterocycles. The summed E-state index contributed by atoms with van der Waals surface area (Å²) < 4.78 is 41.2. The number of halogens is 2.